The number of benzene rings is 1. The van der Waals surface area contributed by atoms with Gasteiger partial charge in [-0.1, -0.05) is 12.1 Å². The highest BCUT2D eigenvalue weighted by Gasteiger charge is 2.32. The zero-order valence-corrected chi connectivity index (χ0v) is 13.5. The molecule has 0 radical (unpaired) electrons. The van der Waals surface area contributed by atoms with Gasteiger partial charge >= 0.3 is 0 Å². The highest BCUT2D eigenvalue weighted by molar-refractivity contribution is 7.99. The minimum Gasteiger partial charge on any atom is -0.497 e. The largest absolute Gasteiger partial charge is 0.497 e. The zero-order chi connectivity index (χ0) is 14.7. The number of ether oxygens (including phenoxy) is 1. The number of β-amino-alcohol motifs (C(OH)–C–C–N with tert-alkyl or cyclic N) is 1. The maximum absolute atomic E-state index is 10.6. The molecule has 0 unspecified atom stereocenters. The van der Waals surface area contributed by atoms with Crippen molar-refractivity contribution in [3.05, 3.63) is 29.8 Å². The summed E-state index contributed by atoms with van der Waals surface area (Å²) in [5, 5.41) is 10.6. The number of hydrogen-bond acceptors (Lipinski definition) is 4. The summed E-state index contributed by atoms with van der Waals surface area (Å²) in [5.41, 5.74) is 1.21. The Morgan fingerprint density at radius 3 is 2.76 bits per heavy atom. The lowest BCUT2D eigenvalue weighted by Gasteiger charge is -2.41. The number of aliphatic hydroxyl groups excluding tert-OH is 1. The first-order valence-corrected chi connectivity index (χ1v) is 9.07. The SMILES string of the molecule is COc1cccc([C@@H]2CCN(C3CCSCC3)C[C@H]2O)c1. The molecule has 2 fully saturated rings. The Morgan fingerprint density at radius 2 is 2.05 bits per heavy atom. The van der Waals surface area contributed by atoms with Crippen molar-refractivity contribution in [2.24, 2.45) is 0 Å². The van der Waals surface area contributed by atoms with Crippen LogP contribution in [0.4, 0.5) is 0 Å². The predicted octanol–water partition coefficient (Wildman–Crippen LogP) is 2.74. The summed E-state index contributed by atoms with van der Waals surface area (Å²) in [6.45, 7) is 1.92. The number of thioether (sulfide) groups is 1. The lowest BCUT2D eigenvalue weighted by Crippen LogP contribution is -2.48. The molecule has 4 heteroatoms. The number of piperidine rings is 1. The number of methoxy groups -OCH3 is 1. The second kappa shape index (κ2) is 7.03. The Morgan fingerprint density at radius 1 is 1.24 bits per heavy atom. The van der Waals surface area contributed by atoms with Gasteiger partial charge in [-0.2, -0.15) is 11.8 Å². The van der Waals surface area contributed by atoms with E-state index in [0.717, 1.165) is 25.3 Å². The molecule has 0 aliphatic carbocycles. The van der Waals surface area contributed by atoms with Crippen LogP contribution in [0.5, 0.6) is 5.75 Å². The van der Waals surface area contributed by atoms with Gasteiger partial charge in [0.2, 0.25) is 0 Å². The first kappa shape index (κ1) is 15.2. The van der Waals surface area contributed by atoms with Crippen molar-refractivity contribution in [1.29, 1.82) is 0 Å². The average molecular weight is 307 g/mol. The van der Waals surface area contributed by atoms with Crippen LogP contribution in [0.3, 0.4) is 0 Å². The van der Waals surface area contributed by atoms with Gasteiger partial charge in [-0.3, -0.25) is 4.90 Å². The maximum Gasteiger partial charge on any atom is 0.119 e. The van der Waals surface area contributed by atoms with Crippen LogP contribution in [0.25, 0.3) is 0 Å². The molecule has 1 aromatic carbocycles. The summed E-state index contributed by atoms with van der Waals surface area (Å²) >= 11 is 2.06. The van der Waals surface area contributed by atoms with Crippen LogP contribution in [-0.4, -0.2) is 53.9 Å². The van der Waals surface area contributed by atoms with Gasteiger partial charge in [-0.05, 0) is 55.0 Å². The fourth-order valence-electron chi connectivity index (χ4n) is 3.60. The van der Waals surface area contributed by atoms with Crippen molar-refractivity contribution in [3.8, 4) is 5.75 Å². The van der Waals surface area contributed by atoms with Gasteiger partial charge < -0.3 is 9.84 Å². The smallest absolute Gasteiger partial charge is 0.119 e. The number of likely N-dealkylation sites (tertiary alicyclic amines) is 1. The van der Waals surface area contributed by atoms with Gasteiger partial charge in [-0.15, -0.1) is 0 Å². The standard InChI is InChI=1S/C17H25NO2S/c1-20-15-4-2-3-13(11-15)16-5-8-18(12-17(16)19)14-6-9-21-10-7-14/h2-4,11,14,16-17,19H,5-10,12H2,1H3/t16-,17+/m0/s1. The van der Waals surface area contributed by atoms with Crippen LogP contribution in [0.1, 0.15) is 30.7 Å². The monoisotopic (exact) mass is 307 g/mol. The molecule has 2 atom stereocenters. The van der Waals surface area contributed by atoms with E-state index in [-0.39, 0.29) is 12.0 Å². The van der Waals surface area contributed by atoms with Crippen molar-refractivity contribution in [3.63, 3.8) is 0 Å². The molecule has 1 N–H and O–H groups in total. The Bertz CT molecular complexity index is 462. The molecular formula is C17H25NO2S. The molecule has 21 heavy (non-hydrogen) atoms. The lowest BCUT2D eigenvalue weighted by atomic mass is 9.86. The molecule has 3 rings (SSSR count). The Kier molecular flexibility index (Phi) is 5.09. The van der Waals surface area contributed by atoms with E-state index in [4.69, 9.17) is 4.74 Å². The molecule has 0 saturated carbocycles. The van der Waals surface area contributed by atoms with E-state index >= 15 is 0 Å². The van der Waals surface area contributed by atoms with E-state index in [1.54, 1.807) is 7.11 Å². The summed E-state index contributed by atoms with van der Waals surface area (Å²) in [6, 6.07) is 8.85. The quantitative estimate of drug-likeness (QED) is 0.931. The van der Waals surface area contributed by atoms with E-state index in [2.05, 4.69) is 28.8 Å². The lowest BCUT2D eigenvalue weighted by molar-refractivity contribution is 0.0276. The Hall–Kier alpha value is -0.710. The maximum atomic E-state index is 10.6. The molecular weight excluding hydrogens is 282 g/mol. The Balaban J connectivity index is 1.64. The topological polar surface area (TPSA) is 32.7 Å². The number of nitrogens with zero attached hydrogens (tertiary/aromatic N) is 1. The summed E-state index contributed by atoms with van der Waals surface area (Å²) in [6.07, 6.45) is 3.33. The second-order valence-electron chi connectivity index (χ2n) is 6.08. The fourth-order valence-corrected chi connectivity index (χ4v) is 4.68. The van der Waals surface area contributed by atoms with Crippen LogP contribution < -0.4 is 4.74 Å². The molecule has 2 aliphatic rings. The van der Waals surface area contributed by atoms with E-state index in [0.29, 0.717) is 6.04 Å². The summed E-state index contributed by atoms with van der Waals surface area (Å²) in [5.74, 6) is 3.67. The van der Waals surface area contributed by atoms with Crippen molar-refractivity contribution >= 4 is 11.8 Å². The molecule has 2 heterocycles. The first-order valence-electron chi connectivity index (χ1n) is 7.91. The molecule has 2 saturated heterocycles. The highest BCUT2D eigenvalue weighted by Crippen LogP contribution is 2.33. The predicted molar refractivity (Wildman–Crippen MR) is 88.3 cm³/mol. The summed E-state index contributed by atoms with van der Waals surface area (Å²) in [4.78, 5) is 2.51. The van der Waals surface area contributed by atoms with Crippen molar-refractivity contribution in [2.75, 3.05) is 31.7 Å². The normalized spacial score (nSPS) is 28.5. The average Bonchev–Trinajstić information content (AvgIpc) is 2.55. The van der Waals surface area contributed by atoms with Crippen molar-refractivity contribution in [2.45, 2.75) is 37.3 Å². The van der Waals surface area contributed by atoms with E-state index < -0.39 is 0 Å². The number of aliphatic hydroxyl groups is 1. The molecule has 0 bridgehead atoms. The van der Waals surface area contributed by atoms with Crippen LogP contribution in [0.2, 0.25) is 0 Å². The van der Waals surface area contributed by atoms with Crippen molar-refractivity contribution < 1.29 is 9.84 Å². The van der Waals surface area contributed by atoms with Gasteiger partial charge in [0, 0.05) is 18.5 Å². The van der Waals surface area contributed by atoms with Crippen LogP contribution >= 0.6 is 11.8 Å². The molecule has 0 aromatic heterocycles. The van der Waals surface area contributed by atoms with Crippen LogP contribution in [-0.2, 0) is 0 Å². The van der Waals surface area contributed by atoms with Gasteiger partial charge in [0.15, 0.2) is 0 Å². The molecule has 2 aliphatic heterocycles. The second-order valence-corrected chi connectivity index (χ2v) is 7.30. The van der Waals surface area contributed by atoms with E-state index in [1.807, 2.05) is 12.1 Å². The van der Waals surface area contributed by atoms with Gasteiger partial charge in [0.05, 0.1) is 13.2 Å². The third-order valence-electron chi connectivity index (χ3n) is 4.84. The van der Waals surface area contributed by atoms with Gasteiger partial charge in [0.25, 0.3) is 0 Å². The van der Waals surface area contributed by atoms with Crippen molar-refractivity contribution in [1.82, 2.24) is 4.90 Å². The van der Waals surface area contributed by atoms with Crippen LogP contribution in [0, 0.1) is 0 Å². The van der Waals surface area contributed by atoms with Gasteiger partial charge in [-0.25, -0.2) is 0 Å². The zero-order valence-electron chi connectivity index (χ0n) is 12.7. The minimum atomic E-state index is -0.263. The molecule has 3 nitrogen and oxygen atoms in total. The third-order valence-corrected chi connectivity index (χ3v) is 5.89. The summed E-state index contributed by atoms with van der Waals surface area (Å²) in [7, 11) is 1.69. The molecule has 0 amide bonds. The number of rotatable bonds is 3. The molecule has 1 aromatic rings. The molecule has 0 spiro atoms. The number of hydrogen-bond donors (Lipinski definition) is 1. The Labute approximate surface area is 131 Å². The third kappa shape index (κ3) is 3.55. The summed E-state index contributed by atoms with van der Waals surface area (Å²) < 4.78 is 5.30. The first-order chi connectivity index (χ1) is 10.3. The minimum absolute atomic E-state index is 0.245. The van der Waals surface area contributed by atoms with E-state index in [9.17, 15) is 5.11 Å². The fraction of sp³-hybridized carbons (Fsp3) is 0.647. The highest BCUT2D eigenvalue weighted by atomic mass is 32.2. The van der Waals surface area contributed by atoms with E-state index in [1.165, 1.54) is 29.9 Å². The van der Waals surface area contributed by atoms with Crippen LogP contribution in [0.15, 0.2) is 24.3 Å². The molecule has 116 valence electrons. The van der Waals surface area contributed by atoms with Gasteiger partial charge in [0.1, 0.15) is 5.75 Å².